The van der Waals surface area contributed by atoms with Crippen molar-refractivity contribution in [1.29, 1.82) is 0 Å². The summed E-state index contributed by atoms with van der Waals surface area (Å²) in [4.78, 5) is 11.3. The first-order chi connectivity index (χ1) is 8.81. The Labute approximate surface area is 109 Å². The lowest BCUT2D eigenvalue weighted by Gasteiger charge is -2.24. The molecule has 0 spiro atoms. The molecule has 0 bridgehead atoms. The molecule has 0 amide bonds. The van der Waals surface area contributed by atoms with Gasteiger partial charge in [0.25, 0.3) is 0 Å². The molecule has 2 nitrogen and oxygen atoms in total. The summed E-state index contributed by atoms with van der Waals surface area (Å²) in [5.41, 5.74) is 2.79. The third-order valence-corrected chi connectivity index (χ3v) is 3.93. The van der Waals surface area contributed by atoms with Crippen molar-refractivity contribution >= 4 is 5.97 Å². The Kier molecular flexibility index (Phi) is 4.80. The van der Waals surface area contributed by atoms with Crippen LogP contribution in [0.25, 0.3) is 0 Å². The van der Waals surface area contributed by atoms with Crippen LogP contribution in [0, 0.1) is 0 Å². The van der Waals surface area contributed by atoms with Gasteiger partial charge in [-0.05, 0) is 36.3 Å². The van der Waals surface area contributed by atoms with Crippen molar-refractivity contribution in [2.24, 2.45) is 0 Å². The van der Waals surface area contributed by atoms with E-state index in [1.165, 1.54) is 50.3 Å². The minimum Gasteiger partial charge on any atom is -0.469 e. The predicted molar refractivity (Wildman–Crippen MR) is 72.6 cm³/mol. The zero-order valence-corrected chi connectivity index (χ0v) is 11.2. The fourth-order valence-corrected chi connectivity index (χ4v) is 2.91. The van der Waals surface area contributed by atoms with Crippen LogP contribution in [0.2, 0.25) is 0 Å². The van der Waals surface area contributed by atoms with Crippen molar-refractivity contribution in [2.45, 2.75) is 50.9 Å². The third-order valence-electron chi connectivity index (χ3n) is 3.93. The minimum atomic E-state index is -0.117. The summed E-state index contributed by atoms with van der Waals surface area (Å²) < 4.78 is 4.72. The first-order valence-electron chi connectivity index (χ1n) is 6.96. The van der Waals surface area contributed by atoms with E-state index in [9.17, 15) is 4.79 Å². The normalized spacial score (nSPS) is 16.5. The molecule has 98 valence electrons. The number of carbonyl (C=O) groups is 1. The Hall–Kier alpha value is -1.31. The highest BCUT2D eigenvalue weighted by atomic mass is 16.5. The van der Waals surface area contributed by atoms with E-state index in [1.807, 2.05) is 0 Å². The van der Waals surface area contributed by atoms with E-state index in [4.69, 9.17) is 4.74 Å². The molecule has 1 aliphatic carbocycles. The fourth-order valence-electron chi connectivity index (χ4n) is 2.91. The van der Waals surface area contributed by atoms with Crippen LogP contribution in [-0.4, -0.2) is 13.1 Å². The summed E-state index contributed by atoms with van der Waals surface area (Å²) >= 11 is 0. The first-order valence-corrected chi connectivity index (χ1v) is 6.96. The Morgan fingerprint density at radius 3 is 2.67 bits per heavy atom. The molecule has 1 saturated carbocycles. The average molecular weight is 246 g/mol. The predicted octanol–water partition coefficient (Wildman–Crippen LogP) is 3.84. The Bertz CT molecular complexity index is 392. The zero-order valence-electron chi connectivity index (χ0n) is 11.2. The molecule has 0 aromatic heterocycles. The van der Waals surface area contributed by atoms with Gasteiger partial charge in [0.2, 0.25) is 0 Å². The van der Waals surface area contributed by atoms with Gasteiger partial charge in [0, 0.05) is 6.42 Å². The van der Waals surface area contributed by atoms with Crippen molar-refractivity contribution < 1.29 is 9.53 Å². The van der Waals surface area contributed by atoms with Crippen LogP contribution in [0.4, 0.5) is 0 Å². The fraction of sp³-hybridized carbons (Fsp3) is 0.562. The largest absolute Gasteiger partial charge is 0.469 e. The highest BCUT2D eigenvalue weighted by Crippen LogP contribution is 2.34. The van der Waals surface area contributed by atoms with Crippen LogP contribution in [-0.2, 0) is 16.0 Å². The highest BCUT2D eigenvalue weighted by Gasteiger charge is 2.18. The number of benzene rings is 1. The van der Waals surface area contributed by atoms with Gasteiger partial charge in [0.15, 0.2) is 0 Å². The van der Waals surface area contributed by atoms with E-state index in [1.54, 1.807) is 0 Å². The van der Waals surface area contributed by atoms with Gasteiger partial charge in [-0.1, -0.05) is 43.5 Å². The molecule has 1 fully saturated rings. The van der Waals surface area contributed by atoms with Crippen LogP contribution in [0.1, 0.15) is 55.6 Å². The number of ether oxygens (including phenoxy) is 1. The summed E-state index contributed by atoms with van der Waals surface area (Å²) in [5.74, 6) is 0.584. The second-order valence-corrected chi connectivity index (χ2v) is 5.11. The lowest BCUT2D eigenvalue weighted by Crippen LogP contribution is -2.09. The number of rotatable bonds is 4. The summed E-state index contributed by atoms with van der Waals surface area (Å²) in [7, 11) is 1.45. The second-order valence-electron chi connectivity index (χ2n) is 5.11. The van der Waals surface area contributed by atoms with Crippen molar-refractivity contribution in [3.8, 4) is 0 Å². The maximum absolute atomic E-state index is 11.3. The summed E-state index contributed by atoms with van der Waals surface area (Å²) in [6, 6.07) is 8.58. The van der Waals surface area contributed by atoms with Gasteiger partial charge in [0.05, 0.1) is 7.11 Å². The molecule has 18 heavy (non-hydrogen) atoms. The van der Waals surface area contributed by atoms with Gasteiger partial charge in [0.1, 0.15) is 0 Å². The third kappa shape index (κ3) is 3.34. The van der Waals surface area contributed by atoms with Gasteiger partial charge >= 0.3 is 5.97 Å². The number of aryl methyl sites for hydroxylation is 1. The molecule has 0 N–H and O–H groups in total. The van der Waals surface area contributed by atoms with E-state index in [2.05, 4.69) is 24.3 Å². The number of hydrogen-bond donors (Lipinski definition) is 0. The maximum Gasteiger partial charge on any atom is 0.305 e. The SMILES string of the molecule is COC(=O)CCc1ccccc1C1CCCCC1. The van der Waals surface area contributed by atoms with Gasteiger partial charge in [-0.25, -0.2) is 0 Å². The summed E-state index contributed by atoms with van der Waals surface area (Å²) in [6.07, 6.45) is 7.96. The second kappa shape index (κ2) is 6.58. The average Bonchev–Trinajstić information content (AvgIpc) is 2.46. The van der Waals surface area contributed by atoms with Crippen molar-refractivity contribution in [3.63, 3.8) is 0 Å². The standard InChI is InChI=1S/C16H22O2/c1-18-16(17)12-11-14-9-5-6-10-15(14)13-7-3-2-4-8-13/h5-6,9-10,13H,2-4,7-8,11-12H2,1H3. The van der Waals surface area contributed by atoms with Crippen molar-refractivity contribution in [2.75, 3.05) is 7.11 Å². The molecule has 2 rings (SSSR count). The van der Waals surface area contributed by atoms with E-state index in [-0.39, 0.29) is 5.97 Å². The molecule has 0 atom stereocenters. The molecule has 1 aliphatic rings. The molecule has 0 radical (unpaired) electrons. The van der Waals surface area contributed by atoms with Gasteiger partial charge < -0.3 is 4.74 Å². The molecule has 0 heterocycles. The van der Waals surface area contributed by atoms with Gasteiger partial charge in [-0.2, -0.15) is 0 Å². The maximum atomic E-state index is 11.3. The number of carbonyl (C=O) groups excluding carboxylic acids is 1. The number of esters is 1. The van der Waals surface area contributed by atoms with Crippen LogP contribution in [0.15, 0.2) is 24.3 Å². The monoisotopic (exact) mass is 246 g/mol. The first kappa shape index (κ1) is 13.1. The molecule has 2 heteroatoms. The molecule has 0 saturated heterocycles. The van der Waals surface area contributed by atoms with E-state index < -0.39 is 0 Å². The Morgan fingerprint density at radius 1 is 1.22 bits per heavy atom. The zero-order chi connectivity index (χ0) is 12.8. The topological polar surface area (TPSA) is 26.3 Å². The van der Waals surface area contributed by atoms with Crippen molar-refractivity contribution in [1.82, 2.24) is 0 Å². The lowest BCUT2D eigenvalue weighted by molar-refractivity contribution is -0.140. The molecule has 1 aromatic rings. The Balaban J connectivity index is 2.06. The van der Waals surface area contributed by atoms with Gasteiger partial charge in [-0.15, -0.1) is 0 Å². The Morgan fingerprint density at radius 2 is 1.94 bits per heavy atom. The van der Waals surface area contributed by atoms with Crippen LogP contribution in [0.5, 0.6) is 0 Å². The number of methoxy groups -OCH3 is 1. The smallest absolute Gasteiger partial charge is 0.305 e. The molecule has 0 aliphatic heterocycles. The van der Waals surface area contributed by atoms with Gasteiger partial charge in [-0.3, -0.25) is 4.79 Å². The van der Waals surface area contributed by atoms with Crippen LogP contribution in [0.3, 0.4) is 0 Å². The molecular weight excluding hydrogens is 224 g/mol. The lowest BCUT2D eigenvalue weighted by atomic mass is 9.81. The van der Waals surface area contributed by atoms with Crippen molar-refractivity contribution in [3.05, 3.63) is 35.4 Å². The highest BCUT2D eigenvalue weighted by molar-refractivity contribution is 5.69. The van der Waals surface area contributed by atoms with E-state index >= 15 is 0 Å². The van der Waals surface area contributed by atoms with Crippen LogP contribution >= 0.6 is 0 Å². The quantitative estimate of drug-likeness (QED) is 0.754. The molecular formula is C16H22O2. The van der Waals surface area contributed by atoms with E-state index in [0.717, 1.165) is 6.42 Å². The molecule has 1 aromatic carbocycles. The number of hydrogen-bond acceptors (Lipinski definition) is 2. The van der Waals surface area contributed by atoms with Crippen LogP contribution < -0.4 is 0 Å². The summed E-state index contributed by atoms with van der Waals surface area (Å²) in [5, 5.41) is 0. The summed E-state index contributed by atoms with van der Waals surface area (Å²) in [6.45, 7) is 0. The molecule has 0 unspecified atom stereocenters. The van der Waals surface area contributed by atoms with E-state index in [0.29, 0.717) is 12.3 Å². The minimum absolute atomic E-state index is 0.117.